The van der Waals surface area contributed by atoms with Gasteiger partial charge in [-0.2, -0.15) is 0 Å². The molecule has 0 spiro atoms. The first-order valence-electron chi connectivity index (χ1n) is 7.17. The smallest absolute Gasteiger partial charge is 0.230 e. The Morgan fingerprint density at radius 2 is 1.96 bits per heavy atom. The van der Waals surface area contributed by atoms with Gasteiger partial charge in [0.2, 0.25) is 5.91 Å². The molecule has 6 heteroatoms. The summed E-state index contributed by atoms with van der Waals surface area (Å²) in [7, 11) is 3.97. The van der Waals surface area contributed by atoms with E-state index in [2.05, 4.69) is 10.3 Å². The molecule has 1 N–H and O–H groups in total. The number of carbonyl (C=O) groups is 1. The first-order valence-corrected chi connectivity index (χ1v) is 8.93. The second kappa shape index (κ2) is 6.93. The number of benzene rings is 1. The van der Waals surface area contributed by atoms with Gasteiger partial charge in [-0.05, 0) is 35.7 Å². The van der Waals surface area contributed by atoms with Crippen molar-refractivity contribution in [3.8, 4) is 9.88 Å². The van der Waals surface area contributed by atoms with Crippen LogP contribution in [0.25, 0.3) is 9.88 Å². The number of aromatic nitrogens is 1. The van der Waals surface area contributed by atoms with Gasteiger partial charge < -0.3 is 10.2 Å². The van der Waals surface area contributed by atoms with E-state index in [1.54, 1.807) is 22.7 Å². The maximum absolute atomic E-state index is 12.1. The van der Waals surface area contributed by atoms with E-state index in [0.29, 0.717) is 0 Å². The number of carbonyl (C=O) groups excluding carboxylic acids is 1. The van der Waals surface area contributed by atoms with Gasteiger partial charge in [0, 0.05) is 30.9 Å². The molecule has 0 unspecified atom stereocenters. The summed E-state index contributed by atoms with van der Waals surface area (Å²) in [4.78, 5) is 19.8. The number of hydrogen-bond donors (Lipinski definition) is 1. The van der Waals surface area contributed by atoms with E-state index in [4.69, 9.17) is 0 Å². The summed E-state index contributed by atoms with van der Waals surface area (Å²) < 4.78 is 0. The predicted octanol–water partition coefficient (Wildman–Crippen LogP) is 4.12. The lowest BCUT2D eigenvalue weighted by molar-refractivity contribution is -0.115. The minimum absolute atomic E-state index is 0.0503. The number of anilines is 2. The van der Waals surface area contributed by atoms with Crippen molar-refractivity contribution < 1.29 is 4.79 Å². The highest BCUT2D eigenvalue weighted by Gasteiger charge is 2.10. The Morgan fingerprint density at radius 3 is 2.61 bits per heavy atom. The van der Waals surface area contributed by atoms with Crippen LogP contribution in [0.3, 0.4) is 0 Å². The van der Waals surface area contributed by atoms with Crippen LogP contribution < -0.4 is 10.2 Å². The van der Waals surface area contributed by atoms with Crippen LogP contribution in [0.15, 0.2) is 47.2 Å². The van der Waals surface area contributed by atoms with E-state index in [1.165, 1.54) is 0 Å². The van der Waals surface area contributed by atoms with E-state index in [-0.39, 0.29) is 12.3 Å². The molecule has 1 aromatic carbocycles. The second-order valence-electron chi connectivity index (χ2n) is 5.29. The molecular formula is C17H17N3OS2. The summed E-state index contributed by atoms with van der Waals surface area (Å²) in [5.41, 5.74) is 2.71. The first-order chi connectivity index (χ1) is 11.1. The van der Waals surface area contributed by atoms with Gasteiger partial charge in [0.1, 0.15) is 5.01 Å². The lowest BCUT2D eigenvalue weighted by atomic mass is 10.2. The fourth-order valence-corrected chi connectivity index (χ4v) is 3.75. The second-order valence-corrected chi connectivity index (χ2v) is 7.09. The lowest BCUT2D eigenvalue weighted by Gasteiger charge is -2.12. The summed E-state index contributed by atoms with van der Waals surface area (Å²) in [6.07, 6.45) is 0.289. The van der Waals surface area contributed by atoms with Crippen LogP contribution in [0.4, 0.5) is 11.4 Å². The van der Waals surface area contributed by atoms with Crippen molar-refractivity contribution in [3.05, 3.63) is 52.9 Å². The topological polar surface area (TPSA) is 45.2 Å². The molecule has 0 fully saturated rings. The Bertz CT molecular complexity index is 777. The highest BCUT2D eigenvalue weighted by atomic mass is 32.1. The number of rotatable bonds is 5. The molecule has 0 aliphatic rings. The third-order valence-electron chi connectivity index (χ3n) is 3.29. The number of amides is 1. The Labute approximate surface area is 143 Å². The third kappa shape index (κ3) is 3.97. The Balaban J connectivity index is 1.61. The normalized spacial score (nSPS) is 10.5. The minimum atomic E-state index is -0.0503. The zero-order valence-corrected chi connectivity index (χ0v) is 14.6. The number of nitrogens with zero attached hydrogens (tertiary/aromatic N) is 2. The highest BCUT2D eigenvalue weighted by molar-refractivity contribution is 7.20. The molecule has 0 bridgehead atoms. The molecular weight excluding hydrogens is 326 g/mol. The van der Waals surface area contributed by atoms with Crippen LogP contribution in [-0.4, -0.2) is 25.0 Å². The summed E-state index contributed by atoms with van der Waals surface area (Å²) in [5.74, 6) is -0.0503. The summed E-state index contributed by atoms with van der Waals surface area (Å²) in [6.45, 7) is 0. The monoisotopic (exact) mass is 343 g/mol. The molecule has 0 saturated carbocycles. The first kappa shape index (κ1) is 15.7. The van der Waals surface area contributed by atoms with Crippen molar-refractivity contribution in [2.45, 2.75) is 6.42 Å². The molecule has 0 saturated heterocycles. The summed E-state index contributed by atoms with van der Waals surface area (Å²) in [6, 6.07) is 11.8. The fourth-order valence-electron chi connectivity index (χ4n) is 2.11. The van der Waals surface area contributed by atoms with Gasteiger partial charge >= 0.3 is 0 Å². The minimum Gasteiger partial charge on any atom is -0.378 e. The van der Waals surface area contributed by atoms with Gasteiger partial charge in [-0.15, -0.1) is 22.7 Å². The largest absolute Gasteiger partial charge is 0.378 e. The number of thiazole rings is 1. The summed E-state index contributed by atoms with van der Waals surface area (Å²) >= 11 is 3.23. The summed E-state index contributed by atoms with van der Waals surface area (Å²) in [5, 5.41) is 7.86. The zero-order valence-electron chi connectivity index (χ0n) is 12.9. The zero-order chi connectivity index (χ0) is 16.2. The van der Waals surface area contributed by atoms with Crippen molar-refractivity contribution in [2.24, 2.45) is 0 Å². The van der Waals surface area contributed by atoms with E-state index >= 15 is 0 Å². The maximum atomic E-state index is 12.1. The number of thiophene rings is 1. The third-order valence-corrected chi connectivity index (χ3v) is 5.22. The molecule has 3 aromatic rings. The van der Waals surface area contributed by atoms with E-state index in [9.17, 15) is 4.79 Å². The average molecular weight is 343 g/mol. The Kier molecular flexibility index (Phi) is 4.73. The molecule has 0 atom stereocenters. The predicted molar refractivity (Wildman–Crippen MR) is 98.5 cm³/mol. The Hall–Kier alpha value is -2.18. The molecule has 118 valence electrons. The lowest BCUT2D eigenvalue weighted by Crippen LogP contribution is -2.15. The van der Waals surface area contributed by atoms with Crippen molar-refractivity contribution >= 4 is 40.0 Å². The number of nitrogens with one attached hydrogen (secondary N) is 1. The van der Waals surface area contributed by atoms with Gasteiger partial charge in [0.05, 0.1) is 17.0 Å². The van der Waals surface area contributed by atoms with Crippen LogP contribution in [0.1, 0.15) is 5.69 Å². The van der Waals surface area contributed by atoms with E-state index in [1.807, 2.05) is 66.2 Å². The molecule has 2 aromatic heterocycles. The molecule has 4 nitrogen and oxygen atoms in total. The SMILES string of the molecule is CN(C)c1ccc(NC(=O)Cc2csc(-c3cccs3)n2)cc1. The van der Waals surface area contributed by atoms with Gasteiger partial charge in [0.15, 0.2) is 0 Å². The molecule has 3 rings (SSSR count). The highest BCUT2D eigenvalue weighted by Crippen LogP contribution is 2.28. The average Bonchev–Trinajstić information content (AvgIpc) is 3.18. The fraction of sp³-hybridized carbons (Fsp3) is 0.176. The molecule has 0 aliphatic heterocycles. The molecule has 0 radical (unpaired) electrons. The van der Waals surface area contributed by atoms with Gasteiger partial charge in [0.25, 0.3) is 0 Å². The standard InChI is InChI=1S/C17H17N3OS2/c1-20(2)14-7-5-12(6-8-14)18-16(21)10-13-11-23-17(19-13)15-4-3-9-22-15/h3-9,11H,10H2,1-2H3,(H,18,21). The van der Waals surface area contributed by atoms with Crippen molar-refractivity contribution in [1.82, 2.24) is 4.98 Å². The maximum Gasteiger partial charge on any atom is 0.230 e. The van der Waals surface area contributed by atoms with Gasteiger partial charge in [-0.25, -0.2) is 4.98 Å². The Morgan fingerprint density at radius 1 is 1.17 bits per heavy atom. The van der Waals surface area contributed by atoms with Gasteiger partial charge in [-0.1, -0.05) is 6.07 Å². The van der Waals surface area contributed by atoms with Crippen molar-refractivity contribution in [1.29, 1.82) is 0 Å². The number of hydrogen-bond acceptors (Lipinski definition) is 5. The van der Waals surface area contributed by atoms with Crippen LogP contribution in [0.2, 0.25) is 0 Å². The van der Waals surface area contributed by atoms with Crippen molar-refractivity contribution in [2.75, 3.05) is 24.3 Å². The van der Waals surface area contributed by atoms with E-state index in [0.717, 1.165) is 27.0 Å². The van der Waals surface area contributed by atoms with Crippen LogP contribution in [0, 0.1) is 0 Å². The molecule has 23 heavy (non-hydrogen) atoms. The molecule has 0 aliphatic carbocycles. The van der Waals surface area contributed by atoms with Crippen molar-refractivity contribution in [3.63, 3.8) is 0 Å². The van der Waals surface area contributed by atoms with Gasteiger partial charge in [-0.3, -0.25) is 4.79 Å². The van der Waals surface area contributed by atoms with Crippen LogP contribution in [0.5, 0.6) is 0 Å². The van der Waals surface area contributed by atoms with E-state index < -0.39 is 0 Å². The molecule has 1 amide bonds. The molecule has 2 heterocycles. The quantitative estimate of drug-likeness (QED) is 0.758. The van der Waals surface area contributed by atoms with Crippen LogP contribution in [-0.2, 0) is 11.2 Å². The van der Waals surface area contributed by atoms with Crippen LogP contribution >= 0.6 is 22.7 Å².